The zero-order valence-electron chi connectivity index (χ0n) is 11.3. The van der Waals surface area contributed by atoms with Crippen molar-refractivity contribution in [1.29, 1.82) is 0 Å². The van der Waals surface area contributed by atoms with Crippen molar-refractivity contribution in [2.75, 3.05) is 6.61 Å². The summed E-state index contributed by atoms with van der Waals surface area (Å²) in [7, 11) is 0. The van der Waals surface area contributed by atoms with Crippen molar-refractivity contribution in [3.8, 4) is 17.1 Å². The Labute approximate surface area is 112 Å². The van der Waals surface area contributed by atoms with Gasteiger partial charge in [0.25, 0.3) is 0 Å². The van der Waals surface area contributed by atoms with Crippen LogP contribution in [0.5, 0.6) is 5.75 Å². The van der Waals surface area contributed by atoms with Crippen molar-refractivity contribution in [1.82, 2.24) is 10.3 Å². The fraction of sp³-hybridized carbons (Fsp3) is 0.400. The summed E-state index contributed by atoms with van der Waals surface area (Å²) in [5.41, 5.74) is 2.31. The van der Waals surface area contributed by atoms with Crippen LogP contribution in [0.2, 0.25) is 0 Å². The molecule has 100 valence electrons. The smallest absolute Gasteiger partial charge is 0.208 e. The van der Waals surface area contributed by atoms with E-state index in [9.17, 15) is 0 Å². The number of benzene rings is 1. The highest BCUT2D eigenvalue weighted by molar-refractivity contribution is 5.60. The largest absolute Gasteiger partial charge is 0.493 e. The monoisotopic (exact) mass is 258 g/mol. The van der Waals surface area contributed by atoms with E-state index in [0.29, 0.717) is 12.6 Å². The molecule has 0 saturated heterocycles. The highest BCUT2D eigenvalue weighted by atomic mass is 16.5. The Morgan fingerprint density at radius 3 is 3.11 bits per heavy atom. The molecule has 1 aromatic carbocycles. The Hall–Kier alpha value is -1.81. The maximum atomic E-state index is 5.77. The molecule has 2 aromatic rings. The molecule has 0 atom stereocenters. The van der Waals surface area contributed by atoms with Gasteiger partial charge in [0.05, 0.1) is 19.3 Å². The van der Waals surface area contributed by atoms with Crippen LogP contribution >= 0.6 is 0 Å². The molecule has 0 bridgehead atoms. The molecule has 0 amide bonds. The molecule has 4 nitrogen and oxygen atoms in total. The Morgan fingerprint density at radius 1 is 1.37 bits per heavy atom. The minimum Gasteiger partial charge on any atom is -0.493 e. The lowest BCUT2D eigenvalue weighted by Gasteiger charge is -2.04. The molecule has 4 heteroatoms. The van der Waals surface area contributed by atoms with E-state index in [1.165, 1.54) is 5.56 Å². The fourth-order valence-electron chi connectivity index (χ4n) is 2.16. The van der Waals surface area contributed by atoms with Crippen molar-refractivity contribution >= 4 is 0 Å². The minimum atomic E-state index is 0.424. The Balaban J connectivity index is 1.79. The van der Waals surface area contributed by atoms with Gasteiger partial charge in [-0.3, -0.25) is 0 Å². The maximum Gasteiger partial charge on any atom is 0.208 e. The van der Waals surface area contributed by atoms with Crippen molar-refractivity contribution in [2.24, 2.45) is 0 Å². The number of oxazole rings is 1. The van der Waals surface area contributed by atoms with Crippen LogP contribution < -0.4 is 10.1 Å². The van der Waals surface area contributed by atoms with E-state index < -0.39 is 0 Å². The second kappa shape index (κ2) is 5.05. The van der Waals surface area contributed by atoms with Gasteiger partial charge in [-0.25, -0.2) is 4.98 Å². The first-order chi connectivity index (χ1) is 9.22. The van der Waals surface area contributed by atoms with E-state index in [-0.39, 0.29) is 0 Å². The summed E-state index contributed by atoms with van der Waals surface area (Å²) >= 11 is 0. The zero-order valence-corrected chi connectivity index (χ0v) is 11.3. The molecule has 0 radical (unpaired) electrons. The van der Waals surface area contributed by atoms with Gasteiger partial charge in [0, 0.05) is 18.0 Å². The molecule has 0 aliphatic carbocycles. The Kier molecular flexibility index (Phi) is 3.25. The van der Waals surface area contributed by atoms with Crippen molar-refractivity contribution in [3.63, 3.8) is 0 Å². The number of rotatable bonds is 4. The number of aromatic nitrogens is 1. The van der Waals surface area contributed by atoms with Crippen LogP contribution in [0.3, 0.4) is 0 Å². The van der Waals surface area contributed by atoms with Gasteiger partial charge in [0.15, 0.2) is 5.76 Å². The van der Waals surface area contributed by atoms with Crippen molar-refractivity contribution < 1.29 is 9.15 Å². The Bertz CT molecular complexity index is 575. The van der Waals surface area contributed by atoms with Gasteiger partial charge in [-0.2, -0.15) is 0 Å². The topological polar surface area (TPSA) is 47.3 Å². The highest BCUT2D eigenvalue weighted by Gasteiger charge is 2.14. The van der Waals surface area contributed by atoms with Gasteiger partial charge in [0.1, 0.15) is 5.75 Å². The van der Waals surface area contributed by atoms with Crippen LogP contribution in [0.15, 0.2) is 28.8 Å². The number of nitrogens with one attached hydrogen (secondary N) is 1. The normalized spacial score (nSPS) is 13.6. The molecule has 3 rings (SSSR count). The number of hydrogen-bond acceptors (Lipinski definition) is 4. The van der Waals surface area contributed by atoms with E-state index in [2.05, 4.69) is 30.2 Å². The third-order valence-corrected chi connectivity index (χ3v) is 3.19. The lowest BCUT2D eigenvalue weighted by Crippen LogP contribution is -2.21. The first-order valence-electron chi connectivity index (χ1n) is 6.66. The number of ether oxygens (including phenoxy) is 1. The summed E-state index contributed by atoms with van der Waals surface area (Å²) in [5, 5.41) is 3.29. The van der Waals surface area contributed by atoms with Gasteiger partial charge >= 0.3 is 0 Å². The first kappa shape index (κ1) is 12.2. The number of nitrogens with zero attached hydrogens (tertiary/aromatic N) is 1. The van der Waals surface area contributed by atoms with E-state index in [1.54, 1.807) is 6.20 Å². The highest BCUT2D eigenvalue weighted by Crippen LogP contribution is 2.30. The van der Waals surface area contributed by atoms with Crippen LogP contribution in [-0.2, 0) is 13.0 Å². The van der Waals surface area contributed by atoms with Crippen LogP contribution in [-0.4, -0.2) is 17.6 Å². The average Bonchev–Trinajstić information content (AvgIpc) is 3.04. The zero-order chi connectivity index (χ0) is 13.2. The third kappa shape index (κ3) is 2.63. The van der Waals surface area contributed by atoms with E-state index in [4.69, 9.17) is 9.15 Å². The molecule has 1 aliphatic rings. The van der Waals surface area contributed by atoms with E-state index in [0.717, 1.165) is 36.0 Å². The molecule has 0 saturated carbocycles. The van der Waals surface area contributed by atoms with Gasteiger partial charge in [-0.05, 0) is 23.8 Å². The molecule has 1 N–H and O–H groups in total. The average molecular weight is 258 g/mol. The van der Waals surface area contributed by atoms with Crippen LogP contribution in [0.1, 0.15) is 25.3 Å². The number of fused-ring (bicyclic) bond motifs is 1. The summed E-state index contributed by atoms with van der Waals surface area (Å²) in [6, 6.07) is 6.58. The summed E-state index contributed by atoms with van der Waals surface area (Å²) in [4.78, 5) is 4.30. The van der Waals surface area contributed by atoms with E-state index in [1.807, 2.05) is 12.1 Å². The minimum absolute atomic E-state index is 0.424. The number of hydrogen-bond donors (Lipinski definition) is 1. The Morgan fingerprint density at radius 2 is 2.26 bits per heavy atom. The molecular weight excluding hydrogens is 240 g/mol. The fourth-order valence-corrected chi connectivity index (χ4v) is 2.16. The second-order valence-electron chi connectivity index (χ2n) is 5.07. The SMILES string of the molecule is CC(C)NCc1ncc(-c2ccc3c(c2)CCO3)o1. The van der Waals surface area contributed by atoms with Gasteiger partial charge in [0.2, 0.25) is 5.89 Å². The molecule has 0 fully saturated rings. The third-order valence-electron chi connectivity index (χ3n) is 3.19. The lowest BCUT2D eigenvalue weighted by atomic mass is 10.1. The van der Waals surface area contributed by atoms with Crippen molar-refractivity contribution in [2.45, 2.75) is 32.9 Å². The summed E-state index contributed by atoms with van der Waals surface area (Å²) in [6.07, 6.45) is 2.76. The molecule has 1 aliphatic heterocycles. The van der Waals surface area contributed by atoms with Crippen LogP contribution in [0, 0.1) is 0 Å². The quantitative estimate of drug-likeness (QED) is 0.916. The lowest BCUT2D eigenvalue weighted by molar-refractivity contribution is 0.357. The molecule has 0 unspecified atom stereocenters. The standard InChI is InChI=1S/C15H18N2O2/c1-10(2)16-9-15-17-8-14(19-15)11-3-4-13-12(7-11)5-6-18-13/h3-4,7-8,10,16H,5-6,9H2,1-2H3. The second-order valence-corrected chi connectivity index (χ2v) is 5.07. The van der Waals surface area contributed by atoms with Crippen LogP contribution in [0.25, 0.3) is 11.3 Å². The summed E-state index contributed by atoms with van der Waals surface area (Å²) in [5.74, 6) is 2.53. The van der Waals surface area contributed by atoms with E-state index >= 15 is 0 Å². The van der Waals surface area contributed by atoms with Gasteiger partial charge < -0.3 is 14.5 Å². The van der Waals surface area contributed by atoms with Gasteiger partial charge in [-0.1, -0.05) is 13.8 Å². The summed E-state index contributed by atoms with van der Waals surface area (Å²) < 4.78 is 11.3. The molecule has 0 spiro atoms. The predicted octanol–water partition coefficient (Wildman–Crippen LogP) is 2.77. The molecule has 1 aromatic heterocycles. The summed E-state index contributed by atoms with van der Waals surface area (Å²) in [6.45, 7) is 5.64. The first-order valence-corrected chi connectivity index (χ1v) is 6.66. The molecule has 19 heavy (non-hydrogen) atoms. The molecule has 2 heterocycles. The predicted molar refractivity (Wildman–Crippen MR) is 73.1 cm³/mol. The maximum absolute atomic E-state index is 5.77. The van der Waals surface area contributed by atoms with Crippen molar-refractivity contribution in [3.05, 3.63) is 35.9 Å². The molecular formula is C15H18N2O2. The van der Waals surface area contributed by atoms with Gasteiger partial charge in [-0.15, -0.1) is 0 Å². The van der Waals surface area contributed by atoms with Crippen LogP contribution in [0.4, 0.5) is 0 Å².